The van der Waals surface area contributed by atoms with Crippen LogP contribution >= 0.6 is 0 Å². The molecular formula is C25H28O13. The van der Waals surface area contributed by atoms with Crippen molar-refractivity contribution >= 4 is 36.1 Å². The fourth-order valence-corrected chi connectivity index (χ4v) is 3.50. The molecular weight excluding hydrogens is 508 g/mol. The Kier molecular flexibility index (Phi) is 10.9. The van der Waals surface area contributed by atoms with E-state index in [9.17, 15) is 28.8 Å². The zero-order valence-electron chi connectivity index (χ0n) is 21.2. The SMILES string of the molecule is C=CCOC(=O)c1cc(C=O)ccc1O[C@@H]1O[C@H](COC(C)=O)C(OC(C)=O)[C@H](OC(C)=O)[C@H]1OC(C)=O. The van der Waals surface area contributed by atoms with Crippen LogP contribution in [0.2, 0.25) is 0 Å². The number of ether oxygens (including phenoxy) is 7. The van der Waals surface area contributed by atoms with Crippen LogP contribution in [-0.2, 0) is 47.6 Å². The van der Waals surface area contributed by atoms with Gasteiger partial charge in [0.15, 0.2) is 12.2 Å². The maximum absolute atomic E-state index is 12.6. The Morgan fingerprint density at radius 3 is 2.03 bits per heavy atom. The molecule has 1 aliphatic heterocycles. The number of hydrogen-bond donors (Lipinski definition) is 0. The molecule has 2 rings (SSSR count). The van der Waals surface area contributed by atoms with E-state index in [0.29, 0.717) is 6.29 Å². The van der Waals surface area contributed by atoms with Gasteiger partial charge in [0.2, 0.25) is 12.4 Å². The normalized spacial score (nSPS) is 22.3. The van der Waals surface area contributed by atoms with Gasteiger partial charge in [0.25, 0.3) is 0 Å². The Hall–Kier alpha value is -4.26. The first-order valence-corrected chi connectivity index (χ1v) is 11.3. The van der Waals surface area contributed by atoms with Gasteiger partial charge in [0.05, 0.1) is 0 Å². The van der Waals surface area contributed by atoms with Gasteiger partial charge >= 0.3 is 29.8 Å². The third-order valence-electron chi connectivity index (χ3n) is 4.88. The third-order valence-corrected chi connectivity index (χ3v) is 4.88. The molecule has 1 fully saturated rings. The Morgan fingerprint density at radius 2 is 1.47 bits per heavy atom. The Labute approximate surface area is 217 Å². The molecule has 0 aliphatic carbocycles. The van der Waals surface area contributed by atoms with Crippen LogP contribution in [0.4, 0.5) is 0 Å². The van der Waals surface area contributed by atoms with Crippen LogP contribution in [0.15, 0.2) is 30.9 Å². The quantitative estimate of drug-likeness (QED) is 0.172. The number of aldehydes is 1. The average Bonchev–Trinajstić information content (AvgIpc) is 2.84. The number of hydrogen-bond acceptors (Lipinski definition) is 13. The molecule has 5 atom stereocenters. The van der Waals surface area contributed by atoms with E-state index in [4.69, 9.17) is 33.2 Å². The first kappa shape index (κ1) is 30.0. The summed E-state index contributed by atoms with van der Waals surface area (Å²) >= 11 is 0. The van der Waals surface area contributed by atoms with Crippen LogP contribution < -0.4 is 4.74 Å². The lowest BCUT2D eigenvalue weighted by Gasteiger charge is -2.44. The van der Waals surface area contributed by atoms with E-state index in [2.05, 4.69) is 6.58 Å². The summed E-state index contributed by atoms with van der Waals surface area (Å²) in [6, 6.07) is 3.83. The Morgan fingerprint density at radius 1 is 0.868 bits per heavy atom. The summed E-state index contributed by atoms with van der Waals surface area (Å²) < 4.78 is 37.8. The Bertz CT molecular complexity index is 1080. The summed E-state index contributed by atoms with van der Waals surface area (Å²) in [7, 11) is 0. The lowest BCUT2D eigenvalue weighted by atomic mass is 9.98. The van der Waals surface area contributed by atoms with Gasteiger partial charge in [0, 0.05) is 33.3 Å². The van der Waals surface area contributed by atoms with Crippen LogP contribution in [0.1, 0.15) is 48.4 Å². The van der Waals surface area contributed by atoms with Crippen molar-refractivity contribution < 1.29 is 61.9 Å². The number of rotatable bonds is 11. The van der Waals surface area contributed by atoms with Crippen molar-refractivity contribution in [3.8, 4) is 5.75 Å². The molecule has 0 amide bonds. The van der Waals surface area contributed by atoms with Crippen molar-refractivity contribution in [1.29, 1.82) is 0 Å². The maximum Gasteiger partial charge on any atom is 0.342 e. The molecule has 1 aromatic carbocycles. The average molecular weight is 536 g/mol. The molecule has 206 valence electrons. The van der Waals surface area contributed by atoms with E-state index in [1.807, 2.05) is 0 Å². The van der Waals surface area contributed by atoms with Crippen molar-refractivity contribution in [2.45, 2.75) is 58.4 Å². The number of carbonyl (C=O) groups excluding carboxylic acids is 6. The smallest absolute Gasteiger partial charge is 0.342 e. The fraction of sp³-hybridized carbons (Fsp3) is 0.440. The Balaban J connectivity index is 2.57. The molecule has 0 N–H and O–H groups in total. The highest BCUT2D eigenvalue weighted by atomic mass is 16.7. The van der Waals surface area contributed by atoms with Crippen LogP contribution in [0.3, 0.4) is 0 Å². The summed E-state index contributed by atoms with van der Waals surface area (Å²) in [6.45, 7) is 7.25. The zero-order valence-corrected chi connectivity index (χ0v) is 21.2. The highest BCUT2D eigenvalue weighted by Gasteiger charge is 2.53. The molecule has 1 aliphatic rings. The van der Waals surface area contributed by atoms with E-state index in [0.717, 1.165) is 27.7 Å². The van der Waals surface area contributed by atoms with Crippen LogP contribution in [-0.4, -0.2) is 80.1 Å². The summed E-state index contributed by atoms with van der Waals surface area (Å²) in [4.78, 5) is 71.2. The van der Waals surface area contributed by atoms with Crippen molar-refractivity contribution in [3.63, 3.8) is 0 Å². The van der Waals surface area contributed by atoms with Crippen molar-refractivity contribution in [2.75, 3.05) is 13.2 Å². The highest BCUT2D eigenvalue weighted by molar-refractivity contribution is 5.94. The molecule has 0 radical (unpaired) electrons. The van der Waals surface area contributed by atoms with Crippen molar-refractivity contribution in [1.82, 2.24) is 0 Å². The van der Waals surface area contributed by atoms with Gasteiger partial charge in [-0.25, -0.2) is 4.79 Å². The summed E-state index contributed by atoms with van der Waals surface area (Å²) in [5.74, 6) is -4.14. The van der Waals surface area contributed by atoms with Gasteiger partial charge in [-0.3, -0.25) is 24.0 Å². The standard InChI is InChI=1S/C25H28O13/c1-6-9-32-24(31)18-10-17(11-26)7-8-19(18)37-25-23(36-16(5)30)22(35-15(4)29)21(34-14(3)28)20(38-25)12-33-13(2)27/h6-8,10-11,20-23,25H,1,9,12H2,2-5H3/t20-,21?,22+,23-,25-/m1/s1. The topological polar surface area (TPSA) is 167 Å². The van der Waals surface area contributed by atoms with Gasteiger partial charge < -0.3 is 33.2 Å². The first-order chi connectivity index (χ1) is 18.0. The second kappa shape index (κ2) is 13.9. The van der Waals surface area contributed by atoms with Gasteiger partial charge in [-0.2, -0.15) is 0 Å². The van der Waals surface area contributed by atoms with Gasteiger partial charge in [-0.1, -0.05) is 12.7 Å². The second-order valence-corrected chi connectivity index (χ2v) is 7.95. The minimum Gasteiger partial charge on any atom is -0.463 e. The number of esters is 5. The maximum atomic E-state index is 12.6. The van der Waals surface area contributed by atoms with Crippen LogP contribution in [0, 0.1) is 0 Å². The molecule has 1 aromatic rings. The molecule has 0 saturated carbocycles. The van der Waals surface area contributed by atoms with E-state index in [-0.39, 0.29) is 23.5 Å². The lowest BCUT2D eigenvalue weighted by molar-refractivity contribution is -0.288. The largest absolute Gasteiger partial charge is 0.463 e. The van der Waals surface area contributed by atoms with Gasteiger partial charge in [0.1, 0.15) is 36.9 Å². The third kappa shape index (κ3) is 8.40. The predicted molar refractivity (Wildman–Crippen MR) is 125 cm³/mol. The van der Waals surface area contributed by atoms with Gasteiger partial charge in [-0.05, 0) is 18.2 Å². The molecule has 13 nitrogen and oxygen atoms in total. The fourth-order valence-electron chi connectivity index (χ4n) is 3.50. The van der Waals surface area contributed by atoms with E-state index in [1.54, 1.807) is 0 Å². The second-order valence-electron chi connectivity index (χ2n) is 7.95. The van der Waals surface area contributed by atoms with Crippen molar-refractivity contribution in [3.05, 3.63) is 42.0 Å². The zero-order chi connectivity index (χ0) is 28.4. The molecule has 1 unspecified atom stereocenters. The monoisotopic (exact) mass is 536 g/mol. The number of carbonyl (C=O) groups is 6. The molecule has 0 aromatic heterocycles. The highest BCUT2D eigenvalue weighted by Crippen LogP contribution is 2.32. The van der Waals surface area contributed by atoms with Crippen molar-refractivity contribution in [2.24, 2.45) is 0 Å². The summed E-state index contributed by atoms with van der Waals surface area (Å²) in [5, 5.41) is 0. The summed E-state index contributed by atoms with van der Waals surface area (Å²) in [6.07, 6.45) is -5.36. The van der Waals surface area contributed by atoms with Crippen LogP contribution in [0.25, 0.3) is 0 Å². The van der Waals surface area contributed by atoms with E-state index < -0.39 is 67.2 Å². The predicted octanol–water partition coefficient (Wildman–Crippen LogP) is 1.30. The minimum absolute atomic E-state index is 0.129. The molecule has 38 heavy (non-hydrogen) atoms. The summed E-state index contributed by atoms with van der Waals surface area (Å²) in [5.41, 5.74) is -0.0474. The first-order valence-electron chi connectivity index (χ1n) is 11.3. The van der Waals surface area contributed by atoms with E-state index >= 15 is 0 Å². The van der Waals surface area contributed by atoms with Crippen LogP contribution in [0.5, 0.6) is 5.75 Å². The molecule has 0 bridgehead atoms. The molecule has 0 spiro atoms. The molecule has 1 heterocycles. The number of benzene rings is 1. The van der Waals surface area contributed by atoms with E-state index in [1.165, 1.54) is 24.3 Å². The lowest BCUT2D eigenvalue weighted by Crippen LogP contribution is -2.63. The molecule has 13 heteroatoms. The minimum atomic E-state index is -1.58. The van der Waals surface area contributed by atoms with Gasteiger partial charge in [-0.15, -0.1) is 0 Å². The molecule has 1 saturated heterocycles.